The summed E-state index contributed by atoms with van der Waals surface area (Å²) in [6.45, 7) is 2.06. The Bertz CT molecular complexity index is 442. The van der Waals surface area contributed by atoms with Crippen LogP contribution in [0.5, 0.6) is 0 Å². The molecule has 0 aromatic carbocycles. The van der Waals surface area contributed by atoms with Crippen molar-refractivity contribution < 1.29 is 9.90 Å². The van der Waals surface area contributed by atoms with Gasteiger partial charge in [0.1, 0.15) is 0 Å². The second-order valence-corrected chi connectivity index (χ2v) is 4.79. The molecular formula is C20H28O2. The first-order valence-electron chi connectivity index (χ1n) is 8.04. The number of hydrogen-bond acceptors (Lipinski definition) is 1. The number of unbranched alkanes of at least 4 members (excludes halogenated alkanes) is 1. The summed E-state index contributed by atoms with van der Waals surface area (Å²) >= 11 is 0. The number of hydrogen-bond donors (Lipinski definition) is 1. The van der Waals surface area contributed by atoms with Crippen molar-refractivity contribution in [2.45, 2.75) is 58.3 Å². The van der Waals surface area contributed by atoms with Crippen molar-refractivity contribution in [1.82, 2.24) is 0 Å². The molecule has 0 spiro atoms. The molecule has 0 rings (SSSR count). The second kappa shape index (κ2) is 17.0. The van der Waals surface area contributed by atoms with Gasteiger partial charge in [0.15, 0.2) is 0 Å². The minimum absolute atomic E-state index is 0.255. The number of carboxylic acids is 1. The van der Waals surface area contributed by atoms with Gasteiger partial charge in [-0.1, -0.05) is 61.5 Å². The van der Waals surface area contributed by atoms with E-state index in [9.17, 15) is 4.79 Å². The van der Waals surface area contributed by atoms with E-state index in [0.29, 0.717) is 0 Å². The molecule has 22 heavy (non-hydrogen) atoms. The van der Waals surface area contributed by atoms with Crippen LogP contribution in [0, 0.1) is 11.8 Å². The first-order chi connectivity index (χ1) is 10.8. The molecule has 0 aliphatic rings. The lowest BCUT2D eigenvalue weighted by Crippen LogP contribution is -1.92. The van der Waals surface area contributed by atoms with Gasteiger partial charge < -0.3 is 5.11 Å². The fourth-order valence-electron chi connectivity index (χ4n) is 1.64. The van der Waals surface area contributed by atoms with Gasteiger partial charge in [0.2, 0.25) is 0 Å². The smallest absolute Gasteiger partial charge is 0.303 e. The van der Waals surface area contributed by atoms with Crippen LogP contribution < -0.4 is 0 Å². The summed E-state index contributed by atoms with van der Waals surface area (Å²) in [5, 5.41) is 8.49. The average molecular weight is 300 g/mol. The van der Waals surface area contributed by atoms with Gasteiger partial charge in [-0.3, -0.25) is 4.79 Å². The highest BCUT2D eigenvalue weighted by molar-refractivity contribution is 5.66. The molecule has 0 aromatic heterocycles. The van der Waals surface area contributed by atoms with E-state index >= 15 is 0 Å². The van der Waals surface area contributed by atoms with Crippen LogP contribution in [0.1, 0.15) is 58.3 Å². The zero-order valence-electron chi connectivity index (χ0n) is 13.6. The Kier molecular flexibility index (Phi) is 15.5. The molecule has 0 amide bonds. The van der Waals surface area contributed by atoms with Crippen LogP contribution in [-0.4, -0.2) is 11.1 Å². The third-order valence-electron chi connectivity index (χ3n) is 2.77. The van der Waals surface area contributed by atoms with Crippen molar-refractivity contribution >= 4 is 5.97 Å². The van der Waals surface area contributed by atoms with Crippen LogP contribution in [-0.2, 0) is 4.79 Å². The third kappa shape index (κ3) is 18.0. The Balaban J connectivity index is 3.48. The molecule has 0 aliphatic carbocycles. The zero-order chi connectivity index (χ0) is 16.3. The van der Waals surface area contributed by atoms with Crippen LogP contribution in [0.2, 0.25) is 0 Å². The fraction of sp³-hybridized carbons (Fsp3) is 0.450. The SMILES string of the molecule is CCC#CC/C=C\C/C=C\C/C=C\C/C=C\CCCC(=O)O. The Morgan fingerprint density at radius 1 is 0.864 bits per heavy atom. The number of aliphatic carboxylic acids is 1. The molecule has 0 unspecified atom stereocenters. The van der Waals surface area contributed by atoms with Gasteiger partial charge in [-0.2, -0.15) is 0 Å². The lowest BCUT2D eigenvalue weighted by molar-refractivity contribution is -0.137. The van der Waals surface area contributed by atoms with E-state index in [0.717, 1.165) is 44.9 Å². The van der Waals surface area contributed by atoms with Gasteiger partial charge in [0.25, 0.3) is 0 Å². The number of rotatable bonds is 11. The molecule has 2 nitrogen and oxygen atoms in total. The monoisotopic (exact) mass is 300 g/mol. The van der Waals surface area contributed by atoms with E-state index in [1.165, 1.54) is 0 Å². The predicted molar refractivity (Wildman–Crippen MR) is 94.6 cm³/mol. The normalized spacial score (nSPS) is 11.7. The second-order valence-electron chi connectivity index (χ2n) is 4.79. The van der Waals surface area contributed by atoms with Crippen molar-refractivity contribution in [1.29, 1.82) is 0 Å². The molecule has 0 bridgehead atoms. The molecular weight excluding hydrogens is 272 g/mol. The highest BCUT2D eigenvalue weighted by Crippen LogP contribution is 1.99. The molecule has 0 radical (unpaired) electrons. The number of allylic oxidation sites excluding steroid dienone is 8. The average Bonchev–Trinajstić information content (AvgIpc) is 2.50. The summed E-state index contributed by atoms with van der Waals surface area (Å²) in [6, 6.07) is 0. The van der Waals surface area contributed by atoms with E-state index in [1.54, 1.807) is 0 Å². The Hall–Kier alpha value is -2.01. The van der Waals surface area contributed by atoms with Crippen molar-refractivity contribution in [3.8, 4) is 11.8 Å². The summed E-state index contributed by atoms with van der Waals surface area (Å²) in [5.74, 6) is 5.40. The van der Waals surface area contributed by atoms with Crippen molar-refractivity contribution in [3.05, 3.63) is 48.6 Å². The topological polar surface area (TPSA) is 37.3 Å². The van der Waals surface area contributed by atoms with Gasteiger partial charge in [-0.15, -0.1) is 5.92 Å². The fourth-order valence-corrected chi connectivity index (χ4v) is 1.64. The molecule has 0 aliphatic heterocycles. The maximum atomic E-state index is 10.3. The highest BCUT2D eigenvalue weighted by Gasteiger charge is 1.92. The first kappa shape index (κ1) is 20.0. The standard InChI is InChI=1S/C20H28O2/c1-2-3-4-5-6-7-8-9-10-11-12-13-14-15-16-17-18-19-20(21)22/h6-7,9-10,12-13,15-16H,2,5,8,11,14,17-19H2,1H3,(H,21,22)/b7-6-,10-9-,13-12-,16-15-. The summed E-state index contributed by atoms with van der Waals surface area (Å²) in [7, 11) is 0. The molecule has 0 saturated carbocycles. The van der Waals surface area contributed by atoms with E-state index in [4.69, 9.17) is 5.11 Å². The molecule has 0 saturated heterocycles. The van der Waals surface area contributed by atoms with Crippen molar-refractivity contribution in [3.63, 3.8) is 0 Å². The number of carbonyl (C=O) groups is 1. The Labute approximate surface area is 135 Å². The van der Waals surface area contributed by atoms with E-state index < -0.39 is 5.97 Å². The van der Waals surface area contributed by atoms with Crippen molar-refractivity contribution in [2.24, 2.45) is 0 Å². The maximum Gasteiger partial charge on any atom is 0.303 e. The van der Waals surface area contributed by atoms with E-state index in [2.05, 4.69) is 67.4 Å². The summed E-state index contributed by atoms with van der Waals surface area (Å²) in [4.78, 5) is 10.3. The van der Waals surface area contributed by atoms with Crippen LogP contribution in [0.15, 0.2) is 48.6 Å². The molecule has 120 valence electrons. The Morgan fingerprint density at radius 3 is 1.95 bits per heavy atom. The largest absolute Gasteiger partial charge is 0.481 e. The first-order valence-corrected chi connectivity index (χ1v) is 8.04. The molecule has 0 fully saturated rings. The van der Waals surface area contributed by atoms with Crippen LogP contribution in [0.25, 0.3) is 0 Å². The quantitative estimate of drug-likeness (QED) is 0.313. The van der Waals surface area contributed by atoms with Gasteiger partial charge in [0.05, 0.1) is 0 Å². The highest BCUT2D eigenvalue weighted by atomic mass is 16.4. The maximum absolute atomic E-state index is 10.3. The molecule has 0 heterocycles. The van der Waals surface area contributed by atoms with Gasteiger partial charge in [-0.25, -0.2) is 0 Å². The predicted octanol–water partition coefficient (Wildman–Crippen LogP) is 5.44. The van der Waals surface area contributed by atoms with E-state index in [1.807, 2.05) is 0 Å². The molecule has 0 atom stereocenters. The summed E-state index contributed by atoms with van der Waals surface area (Å²) in [5.41, 5.74) is 0. The molecule has 1 N–H and O–H groups in total. The van der Waals surface area contributed by atoms with Crippen LogP contribution >= 0.6 is 0 Å². The summed E-state index contributed by atoms with van der Waals surface area (Å²) in [6.07, 6.45) is 23.4. The van der Waals surface area contributed by atoms with E-state index in [-0.39, 0.29) is 6.42 Å². The minimum atomic E-state index is -0.719. The van der Waals surface area contributed by atoms with Gasteiger partial charge in [-0.05, 0) is 32.1 Å². The van der Waals surface area contributed by atoms with Gasteiger partial charge in [0, 0.05) is 19.3 Å². The van der Waals surface area contributed by atoms with Crippen LogP contribution in [0.4, 0.5) is 0 Å². The van der Waals surface area contributed by atoms with Crippen molar-refractivity contribution in [2.75, 3.05) is 0 Å². The zero-order valence-corrected chi connectivity index (χ0v) is 13.6. The molecule has 0 aromatic rings. The number of carboxylic acid groups (broad SMARTS) is 1. The molecule has 2 heteroatoms. The lowest BCUT2D eigenvalue weighted by Gasteiger charge is -1.89. The third-order valence-corrected chi connectivity index (χ3v) is 2.77. The minimum Gasteiger partial charge on any atom is -0.481 e. The Morgan fingerprint density at radius 2 is 1.41 bits per heavy atom. The van der Waals surface area contributed by atoms with Crippen LogP contribution in [0.3, 0.4) is 0 Å². The summed E-state index contributed by atoms with van der Waals surface area (Å²) < 4.78 is 0. The van der Waals surface area contributed by atoms with Gasteiger partial charge >= 0.3 is 5.97 Å². The lowest BCUT2D eigenvalue weighted by atomic mass is 10.2.